The number of carbonyl (C=O) groups excluding carboxylic acids is 2. The van der Waals surface area contributed by atoms with Crippen LogP contribution in [0.5, 0.6) is 0 Å². The van der Waals surface area contributed by atoms with Crippen LogP contribution in [-0.2, 0) is 16.1 Å². The molecule has 0 aliphatic rings. The van der Waals surface area contributed by atoms with E-state index in [0.29, 0.717) is 6.42 Å². The van der Waals surface area contributed by atoms with E-state index in [4.69, 9.17) is 16.2 Å². The number of hydrogen-bond acceptors (Lipinski definition) is 5. The molecular weight excluding hydrogens is 357 g/mol. The average Bonchev–Trinajstić information content (AvgIpc) is 2.67. The van der Waals surface area contributed by atoms with Crippen LogP contribution >= 0.6 is 0 Å². The molecule has 1 rings (SSSR count). The quantitative estimate of drug-likeness (QED) is 0.202. The van der Waals surface area contributed by atoms with Gasteiger partial charge in [-0.1, -0.05) is 30.3 Å². The van der Waals surface area contributed by atoms with E-state index < -0.39 is 30.8 Å². The molecule has 10 heteroatoms. The molecule has 0 spiro atoms. The molecule has 27 heavy (non-hydrogen) atoms. The van der Waals surface area contributed by atoms with E-state index in [-0.39, 0.29) is 32.1 Å². The number of nitrogens with two attached hydrogens (primary N) is 2. The summed E-state index contributed by atoms with van der Waals surface area (Å²) in [6, 6.07) is 8.12. The summed E-state index contributed by atoms with van der Waals surface area (Å²) in [6.07, 6.45) is -1.43. The zero-order valence-corrected chi connectivity index (χ0v) is 14.9. The van der Waals surface area contributed by atoms with E-state index in [1.54, 1.807) is 12.1 Å². The van der Waals surface area contributed by atoms with Gasteiger partial charge in [-0.25, -0.2) is 9.18 Å². The van der Waals surface area contributed by atoms with Crippen molar-refractivity contribution in [3.8, 4) is 0 Å². The highest BCUT2D eigenvalue weighted by Crippen LogP contribution is 2.03. The van der Waals surface area contributed by atoms with Crippen LogP contribution in [0.2, 0.25) is 0 Å². The Balaban J connectivity index is 2.55. The Kier molecular flexibility index (Phi) is 10.2. The zero-order valence-electron chi connectivity index (χ0n) is 14.9. The first-order valence-electron chi connectivity index (χ1n) is 8.46. The van der Waals surface area contributed by atoms with Crippen LogP contribution in [0.1, 0.15) is 18.4 Å². The smallest absolute Gasteiger partial charge is 0.408 e. The van der Waals surface area contributed by atoms with Crippen molar-refractivity contribution in [2.45, 2.75) is 31.6 Å². The van der Waals surface area contributed by atoms with Gasteiger partial charge in [0.25, 0.3) is 0 Å². The van der Waals surface area contributed by atoms with Gasteiger partial charge in [0.1, 0.15) is 19.3 Å². The van der Waals surface area contributed by atoms with Gasteiger partial charge in [0.2, 0.25) is 5.91 Å². The first-order chi connectivity index (χ1) is 12.9. The SMILES string of the molecule is NC(N)=NCCC[C@H](NC(=O)OCc1ccccc1)C(=O)NCC(O)CF. The highest BCUT2D eigenvalue weighted by molar-refractivity contribution is 5.85. The number of nitrogens with zero attached hydrogens (tertiary/aromatic N) is 1. The number of alkyl halides is 1. The molecular formula is C17H26FN5O4. The molecule has 0 aliphatic heterocycles. The van der Waals surface area contributed by atoms with Crippen LogP contribution in [0.4, 0.5) is 9.18 Å². The van der Waals surface area contributed by atoms with Crippen LogP contribution in [-0.4, -0.2) is 55.0 Å². The van der Waals surface area contributed by atoms with Crippen LogP contribution in [0, 0.1) is 0 Å². The van der Waals surface area contributed by atoms with Crippen LogP contribution in [0.3, 0.4) is 0 Å². The maximum atomic E-state index is 12.3. The fraction of sp³-hybridized carbons (Fsp3) is 0.471. The molecule has 2 atom stereocenters. The van der Waals surface area contributed by atoms with Crippen molar-refractivity contribution >= 4 is 18.0 Å². The molecule has 2 amide bonds. The largest absolute Gasteiger partial charge is 0.445 e. The summed E-state index contributed by atoms with van der Waals surface area (Å²) in [5.74, 6) is -0.638. The van der Waals surface area contributed by atoms with Gasteiger partial charge in [-0.05, 0) is 18.4 Å². The Morgan fingerprint density at radius 2 is 1.96 bits per heavy atom. The van der Waals surface area contributed by atoms with Crippen LogP contribution in [0.25, 0.3) is 0 Å². The van der Waals surface area contributed by atoms with Crippen molar-refractivity contribution in [3.63, 3.8) is 0 Å². The molecule has 0 heterocycles. The molecule has 0 radical (unpaired) electrons. The van der Waals surface area contributed by atoms with Crippen molar-refractivity contribution < 1.29 is 23.8 Å². The second-order valence-corrected chi connectivity index (χ2v) is 5.76. The fourth-order valence-electron chi connectivity index (χ4n) is 2.08. The first kappa shape index (κ1) is 22.2. The number of alkyl carbamates (subject to hydrolysis) is 1. The third kappa shape index (κ3) is 10.00. The van der Waals surface area contributed by atoms with Gasteiger partial charge in [0, 0.05) is 13.1 Å². The first-order valence-corrected chi connectivity index (χ1v) is 8.46. The Bertz CT molecular complexity index is 611. The number of aliphatic hydroxyl groups excluding tert-OH is 1. The highest BCUT2D eigenvalue weighted by atomic mass is 19.1. The van der Waals surface area contributed by atoms with Gasteiger partial charge in [-0.15, -0.1) is 0 Å². The monoisotopic (exact) mass is 383 g/mol. The molecule has 0 saturated heterocycles. The maximum Gasteiger partial charge on any atom is 0.408 e. The summed E-state index contributed by atoms with van der Waals surface area (Å²) in [6.45, 7) is -0.919. The van der Waals surface area contributed by atoms with E-state index in [9.17, 15) is 19.1 Å². The molecule has 1 aromatic carbocycles. The predicted octanol–water partition coefficient (Wildman–Crippen LogP) is -0.218. The molecule has 1 aromatic rings. The summed E-state index contributed by atoms with van der Waals surface area (Å²) in [5, 5.41) is 14.0. The van der Waals surface area contributed by atoms with E-state index in [2.05, 4.69) is 15.6 Å². The lowest BCUT2D eigenvalue weighted by Crippen LogP contribution is -2.48. The Morgan fingerprint density at radius 3 is 2.59 bits per heavy atom. The van der Waals surface area contributed by atoms with Gasteiger partial charge in [0.05, 0.1) is 6.10 Å². The topological polar surface area (TPSA) is 152 Å². The summed E-state index contributed by atoms with van der Waals surface area (Å²) >= 11 is 0. The molecule has 0 fully saturated rings. The third-order valence-corrected chi connectivity index (χ3v) is 3.46. The lowest BCUT2D eigenvalue weighted by Gasteiger charge is -2.19. The number of guanidine groups is 1. The lowest BCUT2D eigenvalue weighted by molar-refractivity contribution is -0.123. The van der Waals surface area contributed by atoms with Gasteiger partial charge in [-0.3, -0.25) is 9.79 Å². The molecule has 0 aliphatic carbocycles. The minimum Gasteiger partial charge on any atom is -0.445 e. The van der Waals surface area contributed by atoms with Crippen LogP contribution in [0.15, 0.2) is 35.3 Å². The Labute approximate surface area is 157 Å². The Hall–Kier alpha value is -2.88. The number of amides is 2. The third-order valence-electron chi connectivity index (χ3n) is 3.46. The average molecular weight is 383 g/mol. The molecule has 150 valence electrons. The number of benzene rings is 1. The maximum absolute atomic E-state index is 12.3. The van der Waals surface area contributed by atoms with E-state index in [1.807, 2.05) is 18.2 Å². The number of aliphatic hydroxyl groups is 1. The fourth-order valence-corrected chi connectivity index (χ4v) is 2.08. The molecule has 7 N–H and O–H groups in total. The van der Waals surface area contributed by atoms with Gasteiger partial charge in [-0.2, -0.15) is 0 Å². The number of ether oxygens (including phenoxy) is 1. The normalized spacial score (nSPS) is 12.5. The van der Waals surface area contributed by atoms with Crippen molar-refractivity contribution in [1.29, 1.82) is 0 Å². The minimum atomic E-state index is -1.30. The second-order valence-electron chi connectivity index (χ2n) is 5.76. The molecule has 0 saturated carbocycles. The van der Waals surface area contributed by atoms with Crippen molar-refractivity contribution in [2.75, 3.05) is 19.8 Å². The Morgan fingerprint density at radius 1 is 1.26 bits per heavy atom. The number of halogens is 1. The van der Waals surface area contributed by atoms with Gasteiger partial charge in [0.15, 0.2) is 5.96 Å². The zero-order chi connectivity index (χ0) is 20.1. The number of aliphatic imine (C=N–C) groups is 1. The van der Waals surface area contributed by atoms with Crippen LogP contribution < -0.4 is 22.1 Å². The number of rotatable bonds is 11. The molecule has 9 nitrogen and oxygen atoms in total. The molecule has 0 aromatic heterocycles. The van der Waals surface area contributed by atoms with E-state index in [1.165, 1.54) is 0 Å². The van der Waals surface area contributed by atoms with E-state index in [0.717, 1.165) is 5.56 Å². The lowest BCUT2D eigenvalue weighted by atomic mass is 10.1. The predicted molar refractivity (Wildman–Crippen MR) is 98.5 cm³/mol. The van der Waals surface area contributed by atoms with Crippen molar-refractivity contribution in [1.82, 2.24) is 10.6 Å². The standard InChI is InChI=1S/C17H26FN5O4/c18-9-13(24)10-22-15(25)14(7-4-8-21-16(19)20)23-17(26)27-11-12-5-2-1-3-6-12/h1-3,5-6,13-14,24H,4,7-11H2,(H,22,25)(H,23,26)(H4,19,20,21)/t13?,14-/m0/s1. The number of nitrogens with one attached hydrogen (secondary N) is 2. The van der Waals surface area contributed by atoms with Crippen molar-refractivity contribution in [2.24, 2.45) is 16.5 Å². The summed E-state index contributed by atoms with van der Waals surface area (Å²) in [7, 11) is 0. The number of carbonyl (C=O) groups is 2. The number of hydrogen-bond donors (Lipinski definition) is 5. The molecule has 1 unspecified atom stereocenters. The van der Waals surface area contributed by atoms with E-state index >= 15 is 0 Å². The minimum absolute atomic E-state index is 0.0512. The van der Waals surface area contributed by atoms with Gasteiger partial charge >= 0.3 is 6.09 Å². The van der Waals surface area contributed by atoms with Gasteiger partial charge < -0.3 is 31.9 Å². The highest BCUT2D eigenvalue weighted by Gasteiger charge is 2.21. The summed E-state index contributed by atoms with van der Waals surface area (Å²) in [4.78, 5) is 28.0. The summed E-state index contributed by atoms with van der Waals surface area (Å²) in [5.41, 5.74) is 11.3. The second kappa shape index (κ2) is 12.5. The molecule has 0 bridgehead atoms. The van der Waals surface area contributed by atoms with Crippen molar-refractivity contribution in [3.05, 3.63) is 35.9 Å². The summed E-state index contributed by atoms with van der Waals surface area (Å²) < 4.78 is 17.4.